The molecule has 0 radical (unpaired) electrons. The standard InChI is InChI=1S/C22H25N3O3/c1-23-13-14-25(19(15-23)17-7-3-2-4-8-17)21(26)11-12-24-18-9-5-6-10-20(18)28-16-22(24)27/h2-10,19H,11-16H2,1H3. The predicted octanol–water partition coefficient (Wildman–Crippen LogP) is 2.32. The molecule has 2 aliphatic rings. The van der Waals surface area contributed by atoms with Gasteiger partial charge in [-0.15, -0.1) is 0 Å². The highest BCUT2D eigenvalue weighted by Crippen LogP contribution is 2.32. The molecule has 2 heterocycles. The second kappa shape index (κ2) is 8.02. The fourth-order valence-corrected chi connectivity index (χ4v) is 3.93. The third-order valence-corrected chi connectivity index (χ3v) is 5.45. The van der Waals surface area contributed by atoms with E-state index in [4.69, 9.17) is 4.74 Å². The molecule has 0 spiro atoms. The van der Waals surface area contributed by atoms with Gasteiger partial charge in [-0.3, -0.25) is 9.59 Å². The second-order valence-corrected chi connectivity index (χ2v) is 7.33. The number of carbonyl (C=O) groups excluding carboxylic acids is 2. The van der Waals surface area contributed by atoms with Gasteiger partial charge in [0, 0.05) is 32.6 Å². The van der Waals surface area contributed by atoms with Crippen molar-refractivity contribution in [1.29, 1.82) is 0 Å². The molecular weight excluding hydrogens is 354 g/mol. The fourth-order valence-electron chi connectivity index (χ4n) is 3.93. The number of piperazine rings is 1. The van der Waals surface area contributed by atoms with Crippen molar-refractivity contribution in [2.75, 3.05) is 44.7 Å². The average Bonchev–Trinajstić information content (AvgIpc) is 2.73. The fraction of sp³-hybridized carbons (Fsp3) is 0.364. The molecule has 0 N–H and O–H groups in total. The van der Waals surface area contributed by atoms with E-state index in [9.17, 15) is 9.59 Å². The van der Waals surface area contributed by atoms with Crippen molar-refractivity contribution in [3.8, 4) is 5.75 Å². The first-order valence-electron chi connectivity index (χ1n) is 9.68. The van der Waals surface area contributed by atoms with Gasteiger partial charge in [-0.05, 0) is 24.7 Å². The van der Waals surface area contributed by atoms with E-state index >= 15 is 0 Å². The topological polar surface area (TPSA) is 53.1 Å². The number of hydrogen-bond acceptors (Lipinski definition) is 4. The third kappa shape index (κ3) is 3.73. The summed E-state index contributed by atoms with van der Waals surface area (Å²) in [5.41, 5.74) is 1.89. The van der Waals surface area contributed by atoms with Crippen molar-refractivity contribution in [1.82, 2.24) is 9.80 Å². The third-order valence-electron chi connectivity index (χ3n) is 5.45. The lowest BCUT2D eigenvalue weighted by atomic mass is 10.0. The number of rotatable bonds is 4. The maximum atomic E-state index is 13.1. The van der Waals surface area contributed by atoms with Gasteiger partial charge in [0.2, 0.25) is 5.91 Å². The number of likely N-dealkylation sites (N-methyl/N-ethyl adjacent to an activating group) is 1. The Labute approximate surface area is 165 Å². The molecule has 0 bridgehead atoms. The summed E-state index contributed by atoms with van der Waals surface area (Å²) in [4.78, 5) is 31.3. The molecule has 4 rings (SSSR count). The zero-order valence-electron chi connectivity index (χ0n) is 16.1. The molecule has 1 saturated heterocycles. The van der Waals surface area contributed by atoms with E-state index in [1.807, 2.05) is 47.4 Å². The number of carbonyl (C=O) groups is 2. The Morgan fingerprint density at radius 1 is 1.07 bits per heavy atom. The molecule has 2 aromatic rings. The largest absolute Gasteiger partial charge is 0.482 e. The van der Waals surface area contributed by atoms with Crippen molar-refractivity contribution in [3.63, 3.8) is 0 Å². The number of para-hydroxylation sites is 2. The minimum atomic E-state index is -0.107. The molecule has 0 aliphatic carbocycles. The molecule has 0 aromatic heterocycles. The van der Waals surface area contributed by atoms with Crippen molar-refractivity contribution in [3.05, 3.63) is 60.2 Å². The van der Waals surface area contributed by atoms with Crippen molar-refractivity contribution in [2.45, 2.75) is 12.5 Å². The van der Waals surface area contributed by atoms with Crippen LogP contribution in [0.1, 0.15) is 18.0 Å². The summed E-state index contributed by atoms with van der Waals surface area (Å²) in [5.74, 6) is 0.666. The molecule has 1 unspecified atom stereocenters. The van der Waals surface area contributed by atoms with Crippen LogP contribution in [0.4, 0.5) is 5.69 Å². The van der Waals surface area contributed by atoms with Crippen molar-refractivity contribution >= 4 is 17.5 Å². The molecule has 28 heavy (non-hydrogen) atoms. The van der Waals surface area contributed by atoms with Crippen LogP contribution in [0.5, 0.6) is 5.75 Å². The Morgan fingerprint density at radius 3 is 2.64 bits per heavy atom. The van der Waals surface area contributed by atoms with Gasteiger partial charge < -0.3 is 19.4 Å². The average molecular weight is 379 g/mol. The number of anilines is 1. The van der Waals surface area contributed by atoms with Crippen LogP contribution >= 0.6 is 0 Å². The lowest BCUT2D eigenvalue weighted by molar-refractivity contribution is -0.136. The van der Waals surface area contributed by atoms with E-state index in [0.29, 0.717) is 25.3 Å². The van der Waals surface area contributed by atoms with Crippen molar-refractivity contribution < 1.29 is 14.3 Å². The van der Waals surface area contributed by atoms with E-state index in [1.165, 1.54) is 0 Å². The number of hydrogen-bond donors (Lipinski definition) is 0. The van der Waals surface area contributed by atoms with Crippen LogP contribution in [0.15, 0.2) is 54.6 Å². The van der Waals surface area contributed by atoms with Crippen LogP contribution < -0.4 is 9.64 Å². The molecule has 6 nitrogen and oxygen atoms in total. The first kappa shape index (κ1) is 18.5. The van der Waals surface area contributed by atoms with Crippen LogP contribution in [-0.2, 0) is 9.59 Å². The number of benzene rings is 2. The van der Waals surface area contributed by atoms with Gasteiger partial charge in [-0.2, -0.15) is 0 Å². The lowest BCUT2D eigenvalue weighted by Gasteiger charge is -2.40. The van der Waals surface area contributed by atoms with E-state index < -0.39 is 0 Å². The van der Waals surface area contributed by atoms with Gasteiger partial charge in [0.15, 0.2) is 6.61 Å². The van der Waals surface area contributed by atoms with E-state index in [0.717, 1.165) is 24.3 Å². The van der Waals surface area contributed by atoms with Crippen LogP contribution in [0.25, 0.3) is 0 Å². The zero-order valence-corrected chi connectivity index (χ0v) is 16.1. The highest BCUT2D eigenvalue weighted by atomic mass is 16.5. The molecule has 0 saturated carbocycles. The number of amides is 2. The minimum absolute atomic E-state index is 0.0202. The maximum Gasteiger partial charge on any atom is 0.265 e. The zero-order chi connectivity index (χ0) is 19.5. The summed E-state index contributed by atoms with van der Waals surface area (Å²) in [6, 6.07) is 17.7. The van der Waals surface area contributed by atoms with E-state index in [1.54, 1.807) is 4.90 Å². The molecule has 2 amide bonds. The Hall–Kier alpha value is -2.86. The maximum absolute atomic E-state index is 13.1. The molecule has 146 valence electrons. The predicted molar refractivity (Wildman–Crippen MR) is 107 cm³/mol. The normalized spacial score (nSPS) is 19.9. The summed E-state index contributed by atoms with van der Waals surface area (Å²) in [6.07, 6.45) is 0.299. The first-order valence-corrected chi connectivity index (χ1v) is 9.68. The van der Waals surface area contributed by atoms with Gasteiger partial charge >= 0.3 is 0 Å². The summed E-state index contributed by atoms with van der Waals surface area (Å²) in [5, 5.41) is 0. The van der Waals surface area contributed by atoms with Crippen LogP contribution in [0.2, 0.25) is 0 Å². The number of nitrogens with zero attached hydrogens (tertiary/aromatic N) is 3. The molecule has 2 aromatic carbocycles. The van der Waals surface area contributed by atoms with Crippen LogP contribution in [-0.4, -0.2) is 61.4 Å². The van der Waals surface area contributed by atoms with E-state index in [2.05, 4.69) is 24.1 Å². The quantitative estimate of drug-likeness (QED) is 0.818. The highest BCUT2D eigenvalue weighted by Gasteiger charge is 2.31. The molecule has 1 fully saturated rings. The highest BCUT2D eigenvalue weighted by molar-refractivity contribution is 5.98. The number of ether oxygens (including phenoxy) is 1. The summed E-state index contributed by atoms with van der Waals surface area (Å²) >= 11 is 0. The Bertz CT molecular complexity index is 855. The minimum Gasteiger partial charge on any atom is -0.482 e. The lowest BCUT2D eigenvalue weighted by Crippen LogP contribution is -2.50. The van der Waals surface area contributed by atoms with Gasteiger partial charge in [0.05, 0.1) is 11.7 Å². The SMILES string of the molecule is CN1CCN(C(=O)CCN2C(=O)COc3ccccc32)C(c2ccccc2)C1. The first-order chi connectivity index (χ1) is 13.6. The Balaban J connectivity index is 1.48. The molecular formula is C22H25N3O3. The van der Waals surface area contributed by atoms with Gasteiger partial charge in [-0.25, -0.2) is 0 Å². The molecule has 1 atom stereocenters. The molecule has 2 aliphatic heterocycles. The summed E-state index contributed by atoms with van der Waals surface area (Å²) in [6.45, 7) is 2.75. The van der Waals surface area contributed by atoms with Gasteiger partial charge in [0.25, 0.3) is 5.91 Å². The number of fused-ring (bicyclic) bond motifs is 1. The Morgan fingerprint density at radius 2 is 1.82 bits per heavy atom. The van der Waals surface area contributed by atoms with Gasteiger partial charge in [-0.1, -0.05) is 42.5 Å². The summed E-state index contributed by atoms with van der Waals surface area (Å²) in [7, 11) is 2.08. The van der Waals surface area contributed by atoms with Crippen LogP contribution in [0.3, 0.4) is 0 Å². The van der Waals surface area contributed by atoms with Crippen LogP contribution in [0, 0.1) is 0 Å². The Kier molecular flexibility index (Phi) is 5.30. The summed E-state index contributed by atoms with van der Waals surface area (Å²) < 4.78 is 5.48. The van der Waals surface area contributed by atoms with Gasteiger partial charge in [0.1, 0.15) is 5.75 Å². The smallest absolute Gasteiger partial charge is 0.265 e. The van der Waals surface area contributed by atoms with Crippen molar-refractivity contribution in [2.24, 2.45) is 0 Å². The monoisotopic (exact) mass is 379 g/mol. The second-order valence-electron chi connectivity index (χ2n) is 7.33. The van der Waals surface area contributed by atoms with E-state index in [-0.39, 0.29) is 24.5 Å². The molecule has 6 heteroatoms.